The number of nitrogens with zero attached hydrogens (tertiary/aromatic N) is 2. The average molecular weight is 192 g/mol. The van der Waals surface area contributed by atoms with E-state index in [1.165, 1.54) is 0 Å². The number of Topliss-reactive ketones (excluding diaryl/α,β-unsaturated/α-hetero) is 1. The van der Waals surface area contributed by atoms with Gasteiger partial charge >= 0.3 is 0 Å². The monoisotopic (exact) mass is 192 g/mol. The predicted octanol–water partition coefficient (Wildman–Crippen LogP) is 0.807. The Morgan fingerprint density at radius 3 is 2.57 bits per heavy atom. The van der Waals surface area contributed by atoms with E-state index >= 15 is 0 Å². The van der Waals surface area contributed by atoms with E-state index in [0.29, 0.717) is 31.4 Å². The smallest absolute Gasteiger partial charge is 0.133 e. The highest BCUT2D eigenvalue weighted by Crippen LogP contribution is 2.33. The highest BCUT2D eigenvalue weighted by atomic mass is 16.3. The molecule has 0 bridgehead atoms. The molecular formula is C10H12N2O2. The molecule has 4 nitrogen and oxygen atoms in total. The molecule has 0 aliphatic heterocycles. The first-order valence-electron chi connectivity index (χ1n) is 4.71. The van der Waals surface area contributed by atoms with Crippen molar-refractivity contribution >= 4 is 5.78 Å². The van der Waals surface area contributed by atoms with Crippen LogP contribution in [-0.2, 0) is 10.4 Å². The zero-order valence-electron chi connectivity index (χ0n) is 7.81. The maximum absolute atomic E-state index is 11.0. The van der Waals surface area contributed by atoms with Crippen LogP contribution in [0.1, 0.15) is 31.4 Å². The summed E-state index contributed by atoms with van der Waals surface area (Å²) in [5, 5.41) is 10.2. The molecule has 0 amide bonds. The summed E-state index contributed by atoms with van der Waals surface area (Å²) in [5.41, 5.74) is -0.366. The third-order valence-electron chi connectivity index (χ3n) is 2.67. The first kappa shape index (κ1) is 9.27. The van der Waals surface area contributed by atoms with E-state index in [-0.39, 0.29) is 5.78 Å². The summed E-state index contributed by atoms with van der Waals surface area (Å²) >= 11 is 0. The second-order valence-corrected chi connectivity index (χ2v) is 3.66. The SMILES string of the molecule is O=C1CCC(O)(c2cnccn2)CC1. The van der Waals surface area contributed by atoms with Gasteiger partial charge in [0.2, 0.25) is 0 Å². The van der Waals surface area contributed by atoms with Gasteiger partial charge in [-0.2, -0.15) is 0 Å². The van der Waals surface area contributed by atoms with Crippen LogP contribution in [0.2, 0.25) is 0 Å². The summed E-state index contributed by atoms with van der Waals surface area (Å²) in [6.07, 6.45) is 6.50. The van der Waals surface area contributed by atoms with E-state index in [1.807, 2.05) is 0 Å². The van der Waals surface area contributed by atoms with Gasteiger partial charge in [0, 0.05) is 25.2 Å². The van der Waals surface area contributed by atoms with Gasteiger partial charge in [0.05, 0.1) is 11.9 Å². The number of ketones is 1. The lowest BCUT2D eigenvalue weighted by Crippen LogP contribution is -2.32. The van der Waals surface area contributed by atoms with Crippen LogP contribution in [0.25, 0.3) is 0 Å². The minimum Gasteiger partial charge on any atom is -0.383 e. The van der Waals surface area contributed by atoms with Crippen molar-refractivity contribution in [3.05, 3.63) is 24.3 Å². The molecule has 0 atom stereocenters. The lowest BCUT2D eigenvalue weighted by molar-refractivity contribution is -0.125. The molecule has 14 heavy (non-hydrogen) atoms. The number of carbonyl (C=O) groups excluding carboxylic acids is 1. The molecule has 0 radical (unpaired) electrons. The fourth-order valence-electron chi connectivity index (χ4n) is 1.74. The topological polar surface area (TPSA) is 63.1 Å². The molecular weight excluding hydrogens is 180 g/mol. The molecule has 1 aromatic heterocycles. The van der Waals surface area contributed by atoms with Crippen molar-refractivity contribution in [2.24, 2.45) is 0 Å². The Balaban J connectivity index is 2.21. The molecule has 4 heteroatoms. The van der Waals surface area contributed by atoms with Crippen molar-refractivity contribution in [1.29, 1.82) is 0 Å². The molecule has 0 aromatic carbocycles. The highest BCUT2D eigenvalue weighted by molar-refractivity contribution is 5.79. The summed E-state index contributed by atoms with van der Waals surface area (Å²) in [5.74, 6) is 0.221. The summed E-state index contributed by atoms with van der Waals surface area (Å²) in [4.78, 5) is 19.0. The van der Waals surface area contributed by atoms with Gasteiger partial charge in [-0.1, -0.05) is 0 Å². The van der Waals surface area contributed by atoms with Crippen LogP contribution in [-0.4, -0.2) is 20.9 Å². The first-order valence-corrected chi connectivity index (χ1v) is 4.71. The molecule has 0 spiro atoms. The molecule has 2 rings (SSSR count). The molecule has 1 N–H and O–H groups in total. The van der Waals surface area contributed by atoms with Gasteiger partial charge in [0.15, 0.2) is 0 Å². The molecule has 1 heterocycles. The van der Waals surface area contributed by atoms with Crippen LogP contribution < -0.4 is 0 Å². The van der Waals surface area contributed by atoms with Gasteiger partial charge in [0.1, 0.15) is 11.4 Å². The molecule has 1 fully saturated rings. The van der Waals surface area contributed by atoms with Gasteiger partial charge in [-0.05, 0) is 12.8 Å². The third-order valence-corrected chi connectivity index (χ3v) is 2.67. The zero-order valence-corrected chi connectivity index (χ0v) is 7.81. The summed E-state index contributed by atoms with van der Waals surface area (Å²) in [6, 6.07) is 0. The quantitative estimate of drug-likeness (QED) is 0.715. The minimum absolute atomic E-state index is 0.221. The van der Waals surface area contributed by atoms with Crippen LogP contribution in [0.5, 0.6) is 0 Å². The normalized spacial score (nSPS) is 20.8. The van der Waals surface area contributed by atoms with Crippen LogP contribution in [0.4, 0.5) is 0 Å². The van der Waals surface area contributed by atoms with Crippen molar-refractivity contribution in [3.63, 3.8) is 0 Å². The Kier molecular flexibility index (Phi) is 2.29. The molecule has 0 saturated heterocycles. The Labute approximate surface area is 82.0 Å². The maximum atomic E-state index is 11.0. The fraction of sp³-hybridized carbons (Fsp3) is 0.500. The summed E-state index contributed by atoms with van der Waals surface area (Å²) in [6.45, 7) is 0. The molecule has 1 aromatic rings. The zero-order chi connectivity index (χ0) is 10.0. The number of carbonyl (C=O) groups is 1. The number of hydrogen-bond acceptors (Lipinski definition) is 4. The number of aliphatic hydroxyl groups is 1. The molecule has 0 unspecified atom stereocenters. The van der Waals surface area contributed by atoms with Crippen molar-refractivity contribution < 1.29 is 9.90 Å². The largest absolute Gasteiger partial charge is 0.383 e. The van der Waals surface area contributed by atoms with Crippen LogP contribution >= 0.6 is 0 Å². The Hall–Kier alpha value is -1.29. The molecule has 1 aliphatic rings. The van der Waals surface area contributed by atoms with Crippen molar-refractivity contribution in [2.75, 3.05) is 0 Å². The Morgan fingerprint density at radius 1 is 1.29 bits per heavy atom. The van der Waals surface area contributed by atoms with E-state index in [2.05, 4.69) is 9.97 Å². The second-order valence-electron chi connectivity index (χ2n) is 3.66. The lowest BCUT2D eigenvalue weighted by Gasteiger charge is -2.30. The fourth-order valence-corrected chi connectivity index (χ4v) is 1.74. The van der Waals surface area contributed by atoms with Crippen molar-refractivity contribution in [1.82, 2.24) is 9.97 Å². The van der Waals surface area contributed by atoms with Crippen molar-refractivity contribution in [2.45, 2.75) is 31.3 Å². The van der Waals surface area contributed by atoms with Gasteiger partial charge in [-0.3, -0.25) is 14.8 Å². The Morgan fingerprint density at radius 2 is 2.00 bits per heavy atom. The van der Waals surface area contributed by atoms with E-state index in [9.17, 15) is 9.90 Å². The Bertz CT molecular complexity index is 327. The number of hydrogen-bond donors (Lipinski definition) is 1. The van der Waals surface area contributed by atoms with Crippen LogP contribution in [0.15, 0.2) is 18.6 Å². The van der Waals surface area contributed by atoms with Gasteiger partial charge in [0.25, 0.3) is 0 Å². The minimum atomic E-state index is -0.942. The standard InChI is InChI=1S/C10H12N2O2/c13-8-1-3-10(14,4-2-8)9-7-11-5-6-12-9/h5-7,14H,1-4H2. The van der Waals surface area contributed by atoms with Crippen molar-refractivity contribution in [3.8, 4) is 0 Å². The second kappa shape index (κ2) is 3.46. The third kappa shape index (κ3) is 1.65. The highest BCUT2D eigenvalue weighted by Gasteiger charge is 2.35. The number of aromatic nitrogens is 2. The molecule has 1 aliphatic carbocycles. The number of rotatable bonds is 1. The first-order chi connectivity index (χ1) is 6.71. The van der Waals surface area contributed by atoms with E-state index in [0.717, 1.165) is 0 Å². The average Bonchev–Trinajstić information content (AvgIpc) is 2.24. The van der Waals surface area contributed by atoms with E-state index in [4.69, 9.17) is 0 Å². The van der Waals surface area contributed by atoms with Crippen LogP contribution in [0, 0.1) is 0 Å². The lowest BCUT2D eigenvalue weighted by atomic mass is 9.82. The van der Waals surface area contributed by atoms with E-state index < -0.39 is 5.60 Å². The predicted molar refractivity (Wildman–Crippen MR) is 49.4 cm³/mol. The van der Waals surface area contributed by atoms with Gasteiger partial charge in [-0.15, -0.1) is 0 Å². The molecule has 74 valence electrons. The van der Waals surface area contributed by atoms with E-state index in [1.54, 1.807) is 18.6 Å². The summed E-state index contributed by atoms with van der Waals surface area (Å²) < 4.78 is 0. The summed E-state index contributed by atoms with van der Waals surface area (Å²) in [7, 11) is 0. The molecule has 1 saturated carbocycles. The van der Waals surface area contributed by atoms with Gasteiger partial charge in [-0.25, -0.2) is 0 Å². The van der Waals surface area contributed by atoms with Crippen LogP contribution in [0.3, 0.4) is 0 Å². The maximum Gasteiger partial charge on any atom is 0.133 e. The van der Waals surface area contributed by atoms with Gasteiger partial charge < -0.3 is 5.11 Å².